The molecule has 0 fully saturated rings. The highest BCUT2D eigenvalue weighted by Gasteiger charge is 2.30. The molecule has 90 valence electrons. The zero-order valence-corrected chi connectivity index (χ0v) is 9.31. The minimum atomic E-state index is -4.29. The van der Waals surface area contributed by atoms with Crippen molar-refractivity contribution in [3.63, 3.8) is 0 Å². The fourth-order valence-electron chi connectivity index (χ4n) is 1.38. The number of aliphatic hydroxyl groups excluding tert-OH is 1. The predicted octanol–water partition coefficient (Wildman–Crippen LogP) is 2.83. The van der Waals surface area contributed by atoms with E-state index in [4.69, 9.17) is 16.7 Å². The summed E-state index contributed by atoms with van der Waals surface area (Å²) >= 11 is 5.70. The summed E-state index contributed by atoms with van der Waals surface area (Å²) < 4.78 is 36.6. The molecule has 0 aliphatic heterocycles. The molecule has 0 aliphatic carbocycles. The van der Waals surface area contributed by atoms with E-state index in [-0.39, 0.29) is 12.3 Å². The molecule has 1 rings (SSSR count). The van der Waals surface area contributed by atoms with E-state index in [1.807, 2.05) is 0 Å². The first-order chi connectivity index (χ1) is 7.33. The van der Waals surface area contributed by atoms with E-state index < -0.39 is 12.7 Å². The number of rotatable bonds is 3. The van der Waals surface area contributed by atoms with Gasteiger partial charge < -0.3 is 10.0 Å². The lowest BCUT2D eigenvalue weighted by atomic mass is 10.1. The molecule has 0 aromatic heterocycles. The molecule has 0 radical (unpaired) electrons. The van der Waals surface area contributed by atoms with E-state index in [0.717, 1.165) is 4.90 Å². The second kappa shape index (κ2) is 4.93. The van der Waals surface area contributed by atoms with Crippen LogP contribution in [0.15, 0.2) is 18.2 Å². The second-order valence-corrected chi connectivity index (χ2v) is 3.84. The molecule has 0 amide bonds. The van der Waals surface area contributed by atoms with E-state index in [9.17, 15) is 13.2 Å². The molecule has 0 atom stereocenters. The maximum atomic E-state index is 12.2. The fourth-order valence-corrected chi connectivity index (χ4v) is 1.55. The van der Waals surface area contributed by atoms with Crippen molar-refractivity contribution < 1.29 is 18.3 Å². The number of halogens is 4. The van der Waals surface area contributed by atoms with Crippen LogP contribution in [0.25, 0.3) is 0 Å². The summed E-state index contributed by atoms with van der Waals surface area (Å²) in [5.41, 5.74) is 0.698. The van der Waals surface area contributed by atoms with Crippen LogP contribution in [-0.4, -0.2) is 24.9 Å². The zero-order valence-electron chi connectivity index (χ0n) is 8.55. The lowest BCUT2D eigenvalue weighted by Gasteiger charge is -2.23. The summed E-state index contributed by atoms with van der Waals surface area (Å²) in [5, 5.41) is 9.34. The number of nitrogens with zero attached hydrogens (tertiary/aromatic N) is 1. The van der Waals surface area contributed by atoms with Gasteiger partial charge in [0.25, 0.3) is 0 Å². The molecule has 2 nitrogen and oxygen atoms in total. The third kappa shape index (κ3) is 3.57. The molecule has 0 unspecified atom stereocenters. The summed E-state index contributed by atoms with van der Waals surface area (Å²) in [4.78, 5) is 1.01. The summed E-state index contributed by atoms with van der Waals surface area (Å²) in [6, 6.07) is 4.43. The van der Waals surface area contributed by atoms with Crippen LogP contribution in [0.1, 0.15) is 5.56 Å². The first-order valence-corrected chi connectivity index (χ1v) is 4.88. The Morgan fingerprint density at radius 2 is 2.00 bits per heavy atom. The smallest absolute Gasteiger partial charge is 0.392 e. The van der Waals surface area contributed by atoms with Crippen molar-refractivity contribution in [1.82, 2.24) is 0 Å². The molecule has 0 saturated carbocycles. The van der Waals surface area contributed by atoms with Gasteiger partial charge in [0, 0.05) is 23.3 Å². The van der Waals surface area contributed by atoms with Gasteiger partial charge >= 0.3 is 6.18 Å². The molecule has 1 N–H and O–H groups in total. The van der Waals surface area contributed by atoms with Crippen LogP contribution in [0.5, 0.6) is 0 Å². The minimum absolute atomic E-state index is 0.285. The molecule has 0 heterocycles. The van der Waals surface area contributed by atoms with Gasteiger partial charge in [-0.1, -0.05) is 17.7 Å². The first-order valence-electron chi connectivity index (χ1n) is 4.50. The van der Waals surface area contributed by atoms with Gasteiger partial charge in [0.1, 0.15) is 6.54 Å². The molecule has 1 aromatic rings. The van der Waals surface area contributed by atoms with Gasteiger partial charge in [0.05, 0.1) is 6.61 Å². The lowest BCUT2D eigenvalue weighted by molar-refractivity contribution is -0.119. The monoisotopic (exact) mass is 253 g/mol. The molecule has 16 heavy (non-hydrogen) atoms. The maximum absolute atomic E-state index is 12.2. The van der Waals surface area contributed by atoms with Crippen molar-refractivity contribution >= 4 is 17.3 Å². The Bertz CT molecular complexity index is 368. The van der Waals surface area contributed by atoms with Crippen molar-refractivity contribution in [3.8, 4) is 0 Å². The van der Waals surface area contributed by atoms with Crippen molar-refractivity contribution in [3.05, 3.63) is 28.8 Å². The molecule has 0 aliphatic rings. The van der Waals surface area contributed by atoms with Gasteiger partial charge in [-0.25, -0.2) is 0 Å². The van der Waals surface area contributed by atoms with Crippen molar-refractivity contribution in [2.45, 2.75) is 12.8 Å². The summed E-state index contributed by atoms with van der Waals surface area (Å²) in [7, 11) is 1.30. The van der Waals surface area contributed by atoms with Crippen molar-refractivity contribution in [1.29, 1.82) is 0 Å². The van der Waals surface area contributed by atoms with Gasteiger partial charge in [-0.05, 0) is 12.1 Å². The molecule has 0 saturated heterocycles. The Kier molecular flexibility index (Phi) is 4.04. The Morgan fingerprint density at radius 1 is 1.38 bits per heavy atom. The number of hydrogen-bond donors (Lipinski definition) is 1. The largest absolute Gasteiger partial charge is 0.405 e. The summed E-state index contributed by atoms with van der Waals surface area (Å²) in [6.45, 7) is -1.41. The Morgan fingerprint density at radius 3 is 2.50 bits per heavy atom. The highest BCUT2D eigenvalue weighted by Crippen LogP contribution is 2.27. The highest BCUT2D eigenvalue weighted by molar-refractivity contribution is 6.30. The molecule has 6 heteroatoms. The Hall–Kier alpha value is -0.940. The summed E-state index contributed by atoms with van der Waals surface area (Å²) in [5.74, 6) is 0. The Labute approximate surface area is 96.2 Å². The van der Waals surface area contributed by atoms with Gasteiger partial charge in [-0.3, -0.25) is 0 Å². The number of hydrogen-bond acceptors (Lipinski definition) is 2. The SMILES string of the molecule is CN(CC(F)(F)F)c1cc(Cl)ccc1CO. The standard InChI is InChI=1S/C10H11ClF3NO/c1-15(6-10(12,13)14)9-4-8(11)3-2-7(9)5-16/h2-4,16H,5-6H2,1H3. The minimum Gasteiger partial charge on any atom is -0.392 e. The van der Waals surface area contributed by atoms with Gasteiger partial charge in [-0.15, -0.1) is 0 Å². The number of benzene rings is 1. The number of alkyl halides is 3. The van der Waals surface area contributed by atoms with Crippen molar-refractivity contribution in [2.24, 2.45) is 0 Å². The van der Waals surface area contributed by atoms with E-state index >= 15 is 0 Å². The fraction of sp³-hybridized carbons (Fsp3) is 0.400. The third-order valence-corrected chi connectivity index (χ3v) is 2.28. The first kappa shape index (κ1) is 13.1. The average molecular weight is 254 g/mol. The van der Waals surface area contributed by atoms with E-state index in [1.54, 1.807) is 0 Å². The average Bonchev–Trinajstić information content (AvgIpc) is 2.15. The van der Waals surface area contributed by atoms with E-state index in [2.05, 4.69) is 0 Å². The van der Waals surface area contributed by atoms with E-state index in [0.29, 0.717) is 10.6 Å². The highest BCUT2D eigenvalue weighted by atomic mass is 35.5. The molecule has 0 spiro atoms. The van der Waals surface area contributed by atoms with Crippen LogP contribution in [-0.2, 0) is 6.61 Å². The quantitative estimate of drug-likeness (QED) is 0.895. The third-order valence-electron chi connectivity index (χ3n) is 2.05. The van der Waals surface area contributed by atoms with Crippen LogP contribution in [0.4, 0.5) is 18.9 Å². The molecule has 1 aromatic carbocycles. The number of anilines is 1. The zero-order chi connectivity index (χ0) is 12.3. The van der Waals surface area contributed by atoms with Gasteiger partial charge in [-0.2, -0.15) is 13.2 Å². The maximum Gasteiger partial charge on any atom is 0.405 e. The van der Waals surface area contributed by atoms with Crippen LogP contribution < -0.4 is 4.90 Å². The molecule has 0 bridgehead atoms. The topological polar surface area (TPSA) is 23.5 Å². The lowest BCUT2D eigenvalue weighted by Crippen LogP contribution is -2.31. The van der Waals surface area contributed by atoms with Crippen LogP contribution in [0.2, 0.25) is 5.02 Å². The van der Waals surface area contributed by atoms with Gasteiger partial charge in [0.15, 0.2) is 0 Å². The summed E-state index contributed by atoms with van der Waals surface area (Å²) in [6.07, 6.45) is -4.29. The van der Waals surface area contributed by atoms with Crippen LogP contribution in [0.3, 0.4) is 0 Å². The Balaban J connectivity index is 2.97. The molecular formula is C10H11ClF3NO. The second-order valence-electron chi connectivity index (χ2n) is 3.40. The van der Waals surface area contributed by atoms with E-state index in [1.165, 1.54) is 25.2 Å². The normalized spacial score (nSPS) is 11.6. The van der Waals surface area contributed by atoms with Crippen molar-refractivity contribution in [2.75, 3.05) is 18.5 Å². The van der Waals surface area contributed by atoms with Crippen LogP contribution in [0, 0.1) is 0 Å². The van der Waals surface area contributed by atoms with Crippen LogP contribution >= 0.6 is 11.6 Å². The number of aliphatic hydroxyl groups is 1. The predicted molar refractivity (Wildman–Crippen MR) is 56.7 cm³/mol. The van der Waals surface area contributed by atoms with Gasteiger partial charge in [0.2, 0.25) is 0 Å². The molecular weight excluding hydrogens is 243 g/mol.